The van der Waals surface area contributed by atoms with Gasteiger partial charge in [0.05, 0.1) is 5.56 Å². The number of benzene rings is 2. The highest BCUT2D eigenvalue weighted by Gasteiger charge is 2.10. The summed E-state index contributed by atoms with van der Waals surface area (Å²) in [7, 11) is 0. The third-order valence-electron chi connectivity index (χ3n) is 4.21. The molecule has 4 heteroatoms. The number of hydrogen-bond donors (Lipinski definition) is 1. The molecule has 132 valence electrons. The van der Waals surface area contributed by atoms with Crippen LogP contribution in [-0.2, 0) is 16.1 Å². The second-order valence-electron chi connectivity index (χ2n) is 6.55. The average molecular weight is 339 g/mol. The molecule has 0 saturated carbocycles. The van der Waals surface area contributed by atoms with Gasteiger partial charge in [0.25, 0.3) is 5.91 Å². The molecule has 0 fully saturated rings. The van der Waals surface area contributed by atoms with E-state index in [1.54, 1.807) is 12.1 Å². The zero-order chi connectivity index (χ0) is 18.4. The molecule has 0 aliphatic heterocycles. The van der Waals surface area contributed by atoms with E-state index in [-0.39, 0.29) is 12.5 Å². The van der Waals surface area contributed by atoms with Crippen molar-refractivity contribution in [3.05, 3.63) is 70.3 Å². The summed E-state index contributed by atoms with van der Waals surface area (Å²) >= 11 is 0. The van der Waals surface area contributed by atoms with Crippen molar-refractivity contribution in [2.24, 2.45) is 0 Å². The summed E-state index contributed by atoms with van der Waals surface area (Å²) in [6, 6.07) is 13.3. The van der Waals surface area contributed by atoms with Gasteiger partial charge in [-0.1, -0.05) is 44.2 Å². The van der Waals surface area contributed by atoms with Gasteiger partial charge in [-0.3, -0.25) is 4.79 Å². The highest BCUT2D eigenvalue weighted by Crippen LogP contribution is 2.15. The van der Waals surface area contributed by atoms with Crippen molar-refractivity contribution in [1.29, 1.82) is 0 Å². The van der Waals surface area contributed by atoms with E-state index in [2.05, 4.69) is 19.2 Å². The minimum Gasteiger partial charge on any atom is -0.452 e. The third kappa shape index (κ3) is 5.45. The maximum Gasteiger partial charge on any atom is 0.338 e. The predicted octanol–water partition coefficient (Wildman–Crippen LogP) is 3.90. The zero-order valence-corrected chi connectivity index (χ0v) is 15.3. The quantitative estimate of drug-likeness (QED) is 0.812. The summed E-state index contributed by atoms with van der Waals surface area (Å²) in [5.74, 6) is -0.400. The Kier molecular flexibility index (Phi) is 6.34. The van der Waals surface area contributed by atoms with E-state index < -0.39 is 5.97 Å². The molecule has 0 atom stereocenters. The Morgan fingerprint density at radius 2 is 1.68 bits per heavy atom. The third-order valence-corrected chi connectivity index (χ3v) is 4.21. The SMILES string of the molecule is Cc1ccc(CNC(=O)COC(=O)c2ccc(C(C)C)cc2)cc1C. The molecule has 1 N–H and O–H groups in total. The van der Waals surface area contributed by atoms with Crippen molar-refractivity contribution >= 4 is 11.9 Å². The molecular weight excluding hydrogens is 314 g/mol. The van der Waals surface area contributed by atoms with Crippen molar-refractivity contribution in [2.75, 3.05) is 6.61 Å². The van der Waals surface area contributed by atoms with Crippen LogP contribution < -0.4 is 5.32 Å². The fourth-order valence-electron chi connectivity index (χ4n) is 2.38. The van der Waals surface area contributed by atoms with Crippen LogP contribution in [0.3, 0.4) is 0 Å². The number of ether oxygens (including phenoxy) is 1. The van der Waals surface area contributed by atoms with Crippen LogP contribution in [0, 0.1) is 13.8 Å². The highest BCUT2D eigenvalue weighted by atomic mass is 16.5. The molecule has 0 saturated heterocycles. The van der Waals surface area contributed by atoms with E-state index in [4.69, 9.17) is 4.74 Å². The van der Waals surface area contributed by atoms with Gasteiger partial charge >= 0.3 is 5.97 Å². The Morgan fingerprint density at radius 3 is 2.28 bits per heavy atom. The summed E-state index contributed by atoms with van der Waals surface area (Å²) in [5, 5.41) is 2.76. The van der Waals surface area contributed by atoms with Crippen LogP contribution in [0.15, 0.2) is 42.5 Å². The number of amides is 1. The molecular formula is C21H25NO3. The normalized spacial score (nSPS) is 10.6. The lowest BCUT2D eigenvalue weighted by Crippen LogP contribution is -2.28. The van der Waals surface area contributed by atoms with Crippen LogP contribution in [0.1, 0.15) is 52.4 Å². The largest absolute Gasteiger partial charge is 0.452 e. The molecule has 2 aromatic carbocycles. The average Bonchev–Trinajstić information content (AvgIpc) is 2.60. The summed E-state index contributed by atoms with van der Waals surface area (Å²) < 4.78 is 5.07. The van der Waals surface area contributed by atoms with Gasteiger partial charge in [0.15, 0.2) is 6.61 Å². The van der Waals surface area contributed by atoms with Gasteiger partial charge < -0.3 is 10.1 Å². The van der Waals surface area contributed by atoms with E-state index in [0.29, 0.717) is 18.0 Å². The van der Waals surface area contributed by atoms with Gasteiger partial charge in [-0.2, -0.15) is 0 Å². The number of nitrogens with one attached hydrogen (secondary N) is 1. The van der Waals surface area contributed by atoms with Gasteiger partial charge in [-0.05, 0) is 54.2 Å². The first kappa shape index (κ1) is 18.7. The second-order valence-corrected chi connectivity index (χ2v) is 6.55. The Balaban J connectivity index is 1.80. The summed E-state index contributed by atoms with van der Waals surface area (Å²) in [6.45, 7) is 8.40. The molecule has 0 radical (unpaired) electrons. The van der Waals surface area contributed by atoms with Gasteiger partial charge in [0.1, 0.15) is 0 Å². The van der Waals surface area contributed by atoms with Crippen molar-refractivity contribution < 1.29 is 14.3 Å². The number of hydrogen-bond acceptors (Lipinski definition) is 3. The van der Waals surface area contributed by atoms with Gasteiger partial charge in [0, 0.05) is 6.54 Å². The fraction of sp³-hybridized carbons (Fsp3) is 0.333. The first-order valence-corrected chi connectivity index (χ1v) is 8.46. The monoisotopic (exact) mass is 339 g/mol. The number of esters is 1. The van der Waals surface area contributed by atoms with Crippen LogP contribution in [0.4, 0.5) is 0 Å². The van der Waals surface area contributed by atoms with Crippen molar-refractivity contribution in [2.45, 2.75) is 40.2 Å². The molecule has 0 aliphatic rings. The van der Waals surface area contributed by atoms with E-state index in [1.807, 2.05) is 44.2 Å². The Bertz CT molecular complexity index is 748. The molecule has 4 nitrogen and oxygen atoms in total. The van der Waals surface area contributed by atoms with E-state index in [1.165, 1.54) is 11.1 Å². The Hall–Kier alpha value is -2.62. The number of rotatable bonds is 6. The predicted molar refractivity (Wildman–Crippen MR) is 98.6 cm³/mol. The van der Waals surface area contributed by atoms with Crippen LogP contribution in [0.25, 0.3) is 0 Å². The number of carbonyl (C=O) groups is 2. The molecule has 0 unspecified atom stereocenters. The maximum absolute atomic E-state index is 12.0. The molecule has 2 rings (SSSR count). The van der Waals surface area contributed by atoms with Crippen LogP contribution in [0.5, 0.6) is 0 Å². The van der Waals surface area contributed by atoms with Crippen LogP contribution in [0.2, 0.25) is 0 Å². The minimum atomic E-state index is -0.489. The molecule has 0 aliphatic carbocycles. The lowest BCUT2D eigenvalue weighted by molar-refractivity contribution is -0.124. The molecule has 1 amide bonds. The Labute approximate surface area is 149 Å². The molecule has 2 aromatic rings. The number of carbonyl (C=O) groups excluding carboxylic acids is 2. The topological polar surface area (TPSA) is 55.4 Å². The molecule has 0 aromatic heterocycles. The first-order valence-electron chi connectivity index (χ1n) is 8.46. The van der Waals surface area contributed by atoms with Gasteiger partial charge in [-0.15, -0.1) is 0 Å². The highest BCUT2D eigenvalue weighted by molar-refractivity contribution is 5.91. The smallest absolute Gasteiger partial charge is 0.338 e. The number of aryl methyl sites for hydroxylation is 2. The summed E-state index contributed by atoms with van der Waals surface area (Å²) in [4.78, 5) is 23.8. The van der Waals surface area contributed by atoms with E-state index >= 15 is 0 Å². The zero-order valence-electron chi connectivity index (χ0n) is 15.3. The lowest BCUT2D eigenvalue weighted by Gasteiger charge is -2.09. The minimum absolute atomic E-state index is 0.282. The lowest BCUT2D eigenvalue weighted by atomic mass is 10.0. The van der Waals surface area contributed by atoms with Crippen molar-refractivity contribution in [1.82, 2.24) is 5.32 Å². The van der Waals surface area contributed by atoms with Gasteiger partial charge in [0.2, 0.25) is 0 Å². The Morgan fingerprint density at radius 1 is 1.00 bits per heavy atom. The van der Waals surface area contributed by atoms with Crippen LogP contribution >= 0.6 is 0 Å². The second kappa shape index (κ2) is 8.47. The summed E-state index contributed by atoms with van der Waals surface area (Å²) in [5.41, 5.74) is 5.02. The van der Waals surface area contributed by atoms with Gasteiger partial charge in [-0.25, -0.2) is 4.79 Å². The van der Waals surface area contributed by atoms with E-state index in [9.17, 15) is 9.59 Å². The summed E-state index contributed by atoms with van der Waals surface area (Å²) in [6.07, 6.45) is 0. The van der Waals surface area contributed by atoms with Crippen molar-refractivity contribution in [3.63, 3.8) is 0 Å². The van der Waals surface area contributed by atoms with E-state index in [0.717, 1.165) is 11.1 Å². The molecule has 25 heavy (non-hydrogen) atoms. The van der Waals surface area contributed by atoms with Crippen molar-refractivity contribution in [3.8, 4) is 0 Å². The van der Waals surface area contributed by atoms with Crippen LogP contribution in [-0.4, -0.2) is 18.5 Å². The first-order chi connectivity index (χ1) is 11.9. The molecule has 0 spiro atoms. The molecule has 0 bridgehead atoms. The fourth-order valence-corrected chi connectivity index (χ4v) is 2.38. The molecule has 0 heterocycles. The maximum atomic E-state index is 12.0. The standard InChI is InChI=1S/C21H25NO3/c1-14(2)18-7-9-19(10-8-18)21(24)25-13-20(23)22-12-17-6-5-15(3)16(4)11-17/h5-11,14H,12-13H2,1-4H3,(H,22,23).